The third-order valence-corrected chi connectivity index (χ3v) is 5.68. The minimum Gasteiger partial charge on any atom is -0.343 e. The van der Waals surface area contributed by atoms with Crippen LogP contribution in [-0.2, 0) is 4.79 Å². The molecule has 0 aliphatic carbocycles. The zero-order valence-corrected chi connectivity index (χ0v) is 17.2. The van der Waals surface area contributed by atoms with Gasteiger partial charge >= 0.3 is 0 Å². The van der Waals surface area contributed by atoms with Crippen LogP contribution in [0.3, 0.4) is 0 Å². The Morgan fingerprint density at radius 1 is 1.00 bits per heavy atom. The Hall–Kier alpha value is -2.74. The van der Waals surface area contributed by atoms with E-state index >= 15 is 0 Å². The lowest BCUT2D eigenvalue weighted by atomic mass is 9.89. The molecule has 0 spiro atoms. The summed E-state index contributed by atoms with van der Waals surface area (Å²) in [5, 5.41) is 5.52. The molecule has 2 aromatic heterocycles. The largest absolute Gasteiger partial charge is 0.343 e. The maximum Gasteiger partial charge on any atom is 0.219 e. The van der Waals surface area contributed by atoms with E-state index in [0.717, 1.165) is 56.4 Å². The number of piperidine rings is 1. The van der Waals surface area contributed by atoms with Crippen LogP contribution >= 0.6 is 0 Å². The predicted octanol–water partition coefficient (Wildman–Crippen LogP) is 3.07. The van der Waals surface area contributed by atoms with Gasteiger partial charge in [0, 0.05) is 33.1 Å². The summed E-state index contributed by atoms with van der Waals surface area (Å²) in [4.78, 5) is 27.0. The number of rotatable bonds is 5. The number of likely N-dealkylation sites (tertiary alicyclic amines) is 1. The number of nitrogens with zero attached hydrogens (tertiary/aromatic N) is 5. The topological polar surface area (TPSA) is 86.3 Å². The van der Waals surface area contributed by atoms with E-state index in [2.05, 4.69) is 37.9 Å². The van der Waals surface area contributed by atoms with Crippen LogP contribution < -0.4 is 10.7 Å². The van der Waals surface area contributed by atoms with Gasteiger partial charge in [-0.3, -0.25) is 9.78 Å². The van der Waals surface area contributed by atoms with Gasteiger partial charge in [0.05, 0.1) is 18.1 Å². The van der Waals surface area contributed by atoms with Crippen LogP contribution in [0.2, 0.25) is 0 Å². The average Bonchev–Trinajstić information content (AvgIpc) is 3.23. The van der Waals surface area contributed by atoms with Crippen LogP contribution in [0.5, 0.6) is 0 Å². The van der Waals surface area contributed by atoms with E-state index in [-0.39, 0.29) is 5.91 Å². The van der Waals surface area contributed by atoms with Gasteiger partial charge in [0.15, 0.2) is 0 Å². The van der Waals surface area contributed by atoms with Gasteiger partial charge < -0.3 is 15.6 Å². The first-order chi connectivity index (χ1) is 14.1. The fraction of sp³-hybridized carbons (Fsp3) is 0.524. The monoisotopic (exact) mass is 395 g/mol. The van der Waals surface area contributed by atoms with Crippen molar-refractivity contribution in [2.24, 2.45) is 0 Å². The molecule has 8 heteroatoms. The van der Waals surface area contributed by atoms with Crippen LogP contribution in [0.4, 0.5) is 17.5 Å². The summed E-state index contributed by atoms with van der Waals surface area (Å²) in [7, 11) is 0. The summed E-state index contributed by atoms with van der Waals surface area (Å²) in [5.74, 6) is 2.86. The number of anilines is 3. The van der Waals surface area contributed by atoms with E-state index in [1.807, 2.05) is 11.8 Å². The summed E-state index contributed by atoms with van der Waals surface area (Å²) < 4.78 is 0. The molecular formula is C21H29N7O. The predicted molar refractivity (Wildman–Crippen MR) is 113 cm³/mol. The van der Waals surface area contributed by atoms with Crippen molar-refractivity contribution < 1.29 is 4.79 Å². The van der Waals surface area contributed by atoms with E-state index in [4.69, 9.17) is 4.98 Å². The van der Waals surface area contributed by atoms with Crippen molar-refractivity contribution in [1.29, 1.82) is 0 Å². The van der Waals surface area contributed by atoms with Gasteiger partial charge in [-0.2, -0.15) is 0 Å². The van der Waals surface area contributed by atoms with Crippen molar-refractivity contribution >= 4 is 23.4 Å². The number of pyridine rings is 1. The smallest absolute Gasteiger partial charge is 0.219 e. The number of amides is 1. The molecule has 0 bridgehead atoms. The number of hydrogen-bond acceptors (Lipinski definition) is 7. The molecule has 0 unspecified atom stereocenters. The van der Waals surface area contributed by atoms with Crippen LogP contribution in [-0.4, -0.2) is 56.9 Å². The minimum atomic E-state index is 0.162. The molecule has 154 valence electrons. The molecule has 0 radical (unpaired) electrons. The van der Waals surface area contributed by atoms with Crippen molar-refractivity contribution in [1.82, 2.24) is 24.9 Å². The Balaban J connectivity index is 1.55. The number of hydrogen-bond donors (Lipinski definition) is 2. The molecule has 29 heavy (non-hydrogen) atoms. The molecule has 8 nitrogen and oxygen atoms in total. The van der Waals surface area contributed by atoms with E-state index in [9.17, 15) is 4.79 Å². The SMILES string of the molecule is CC(=O)N1CCC(c2cc(Nc3cnc(C)cn3)nc(NN3CCCC3)c2)CC1. The first kappa shape index (κ1) is 19.6. The Labute approximate surface area is 171 Å². The van der Waals surface area contributed by atoms with Crippen LogP contribution in [0.25, 0.3) is 0 Å². The normalized spacial score (nSPS) is 18.1. The second-order valence-electron chi connectivity index (χ2n) is 7.93. The molecule has 2 fully saturated rings. The Kier molecular flexibility index (Phi) is 5.89. The van der Waals surface area contributed by atoms with E-state index in [1.165, 1.54) is 18.4 Å². The summed E-state index contributed by atoms with van der Waals surface area (Å²) in [6, 6.07) is 4.25. The summed E-state index contributed by atoms with van der Waals surface area (Å²) in [5.41, 5.74) is 5.59. The van der Waals surface area contributed by atoms with Gasteiger partial charge in [0.2, 0.25) is 5.91 Å². The molecule has 2 aliphatic rings. The zero-order chi connectivity index (χ0) is 20.2. The fourth-order valence-electron chi connectivity index (χ4n) is 4.02. The molecule has 4 heterocycles. The number of carbonyl (C=O) groups is 1. The van der Waals surface area contributed by atoms with Crippen LogP contribution in [0, 0.1) is 6.92 Å². The van der Waals surface area contributed by atoms with Gasteiger partial charge in [0.25, 0.3) is 0 Å². The average molecular weight is 396 g/mol. The lowest BCUT2D eigenvalue weighted by Crippen LogP contribution is -2.36. The van der Waals surface area contributed by atoms with Gasteiger partial charge in [-0.1, -0.05) is 0 Å². The number of hydrazine groups is 1. The fourth-order valence-corrected chi connectivity index (χ4v) is 4.02. The third-order valence-electron chi connectivity index (χ3n) is 5.68. The molecule has 2 aromatic rings. The number of aromatic nitrogens is 3. The summed E-state index contributed by atoms with van der Waals surface area (Å²) >= 11 is 0. The quantitative estimate of drug-likeness (QED) is 0.804. The number of aryl methyl sites for hydroxylation is 1. The lowest BCUT2D eigenvalue weighted by Gasteiger charge is -2.32. The Morgan fingerprint density at radius 2 is 1.72 bits per heavy atom. The van der Waals surface area contributed by atoms with Gasteiger partial charge in [-0.05, 0) is 56.2 Å². The summed E-state index contributed by atoms with van der Waals surface area (Å²) in [6.45, 7) is 7.26. The Morgan fingerprint density at radius 3 is 2.38 bits per heavy atom. The maximum atomic E-state index is 11.6. The van der Waals surface area contributed by atoms with Crippen molar-refractivity contribution in [2.75, 3.05) is 36.9 Å². The molecule has 0 saturated carbocycles. The van der Waals surface area contributed by atoms with Gasteiger partial charge in [0.1, 0.15) is 17.5 Å². The van der Waals surface area contributed by atoms with Crippen molar-refractivity contribution in [3.63, 3.8) is 0 Å². The number of carbonyl (C=O) groups excluding carboxylic acids is 1. The van der Waals surface area contributed by atoms with Crippen molar-refractivity contribution in [3.05, 3.63) is 35.8 Å². The molecule has 2 N–H and O–H groups in total. The van der Waals surface area contributed by atoms with Gasteiger partial charge in [-0.25, -0.2) is 15.0 Å². The standard InChI is InChI=1S/C21H29N7O/c1-15-13-23-21(14-22-15)25-19-11-18(17-5-9-27(10-6-17)16(2)29)12-20(24-19)26-28-7-3-4-8-28/h11-14,17H,3-10H2,1-2H3,(H2,23,24,25,26). The zero-order valence-electron chi connectivity index (χ0n) is 17.2. The first-order valence-corrected chi connectivity index (χ1v) is 10.4. The highest BCUT2D eigenvalue weighted by Gasteiger charge is 2.23. The molecule has 0 aromatic carbocycles. The summed E-state index contributed by atoms with van der Waals surface area (Å²) in [6.07, 6.45) is 7.82. The lowest BCUT2D eigenvalue weighted by molar-refractivity contribution is -0.129. The van der Waals surface area contributed by atoms with E-state index in [1.54, 1.807) is 19.3 Å². The third kappa shape index (κ3) is 5.00. The minimum absolute atomic E-state index is 0.162. The van der Waals surface area contributed by atoms with Gasteiger partial charge in [-0.15, -0.1) is 0 Å². The molecular weight excluding hydrogens is 366 g/mol. The second kappa shape index (κ2) is 8.73. The molecule has 0 atom stereocenters. The van der Waals surface area contributed by atoms with E-state index < -0.39 is 0 Å². The van der Waals surface area contributed by atoms with Crippen LogP contribution in [0.1, 0.15) is 49.8 Å². The second-order valence-corrected chi connectivity index (χ2v) is 7.93. The molecule has 2 saturated heterocycles. The maximum absolute atomic E-state index is 11.6. The molecule has 1 amide bonds. The number of nitrogens with one attached hydrogen (secondary N) is 2. The van der Waals surface area contributed by atoms with Crippen molar-refractivity contribution in [2.45, 2.75) is 45.4 Å². The van der Waals surface area contributed by atoms with Crippen LogP contribution in [0.15, 0.2) is 24.5 Å². The highest BCUT2D eigenvalue weighted by atomic mass is 16.2. The van der Waals surface area contributed by atoms with Crippen molar-refractivity contribution in [3.8, 4) is 0 Å². The molecule has 4 rings (SSSR count). The molecule has 2 aliphatic heterocycles. The van der Waals surface area contributed by atoms with E-state index in [0.29, 0.717) is 11.7 Å². The Bertz CT molecular complexity index is 841. The highest BCUT2D eigenvalue weighted by Crippen LogP contribution is 2.31. The highest BCUT2D eigenvalue weighted by molar-refractivity contribution is 5.73. The first-order valence-electron chi connectivity index (χ1n) is 10.4.